The van der Waals surface area contributed by atoms with E-state index in [-0.39, 0.29) is 23.7 Å². The highest BCUT2D eigenvalue weighted by Crippen LogP contribution is 2.27. The van der Waals surface area contributed by atoms with Crippen molar-refractivity contribution in [1.82, 2.24) is 4.90 Å². The summed E-state index contributed by atoms with van der Waals surface area (Å²) in [6.07, 6.45) is 0.308. The van der Waals surface area contributed by atoms with E-state index in [0.29, 0.717) is 13.1 Å². The molecule has 8 heteroatoms. The van der Waals surface area contributed by atoms with Crippen molar-refractivity contribution in [3.8, 4) is 0 Å². The zero-order chi connectivity index (χ0) is 14.9. The fourth-order valence-electron chi connectivity index (χ4n) is 2.12. The van der Waals surface area contributed by atoms with Crippen molar-refractivity contribution >= 4 is 23.0 Å². The van der Waals surface area contributed by atoms with Crippen LogP contribution in [-0.4, -0.2) is 53.1 Å². The summed E-state index contributed by atoms with van der Waals surface area (Å²) in [5, 5.41) is 8.85. The third-order valence-electron chi connectivity index (χ3n) is 3.20. The van der Waals surface area contributed by atoms with Crippen LogP contribution in [0.1, 0.15) is 0 Å². The zero-order valence-electron chi connectivity index (χ0n) is 10.8. The number of rotatable bonds is 2. The van der Waals surface area contributed by atoms with Crippen LogP contribution in [0.25, 0.3) is 0 Å². The molecule has 0 aliphatic carbocycles. The minimum atomic E-state index is -1.55. The summed E-state index contributed by atoms with van der Waals surface area (Å²) < 4.78 is 38.7. The molecule has 1 aromatic carbocycles. The van der Waals surface area contributed by atoms with Gasteiger partial charge in [-0.05, 0) is 11.2 Å². The summed E-state index contributed by atoms with van der Waals surface area (Å²) in [5.41, 5.74) is 0.154. The van der Waals surface area contributed by atoms with Crippen molar-refractivity contribution < 1.29 is 23.2 Å². The molecule has 1 fully saturated rings. The van der Waals surface area contributed by atoms with E-state index in [9.17, 15) is 18.1 Å². The molecule has 1 aliphatic rings. The number of carboxylic acid groups (broad SMARTS) is 1. The predicted molar refractivity (Wildman–Crippen MR) is 70.5 cm³/mol. The highest BCUT2D eigenvalue weighted by molar-refractivity contribution is 7.90. The average molecular weight is 304 g/mol. The summed E-state index contributed by atoms with van der Waals surface area (Å²) in [6, 6.07) is 1.95. The molecule has 1 N–H and O–H groups in total. The Bertz CT molecular complexity index is 520. The Labute approximate surface area is 118 Å². The topological polar surface area (TPSA) is 66.8 Å². The number of carbonyl (C=O) groups is 1. The van der Waals surface area contributed by atoms with Crippen LogP contribution in [0.3, 0.4) is 0 Å². The van der Waals surface area contributed by atoms with Crippen LogP contribution in [0.4, 0.5) is 19.3 Å². The summed E-state index contributed by atoms with van der Waals surface area (Å²) in [7, 11) is 0. The molecule has 0 unspecified atom stereocenters. The lowest BCUT2D eigenvalue weighted by Gasteiger charge is -2.34. The van der Waals surface area contributed by atoms with Gasteiger partial charge in [-0.25, -0.2) is 13.6 Å². The molecule has 1 amide bonds. The lowest BCUT2D eigenvalue weighted by Crippen LogP contribution is -2.48. The second-order valence-electron chi connectivity index (χ2n) is 4.44. The summed E-state index contributed by atoms with van der Waals surface area (Å²) >= 11 is -1.55. The van der Waals surface area contributed by atoms with Crippen LogP contribution in [0, 0.1) is 11.6 Å². The Balaban J connectivity index is 2.21. The second kappa shape index (κ2) is 5.84. The molecule has 1 aromatic rings. The Morgan fingerprint density at radius 2 is 1.85 bits per heavy atom. The molecule has 5 nitrogen and oxygen atoms in total. The maximum Gasteiger partial charge on any atom is 0.407 e. The molecule has 0 spiro atoms. The van der Waals surface area contributed by atoms with Gasteiger partial charge in [-0.3, -0.25) is 0 Å². The van der Waals surface area contributed by atoms with E-state index < -0.39 is 28.9 Å². The standard InChI is InChI=1S/C12H14F2N2O3S/c1-20(19)11-7-10(8(13)6-9(11)14)15-2-4-16(5-3-15)12(17)18/h6-7H,2-5H2,1H3,(H,17,18)/t20-/m1/s1. The molecule has 0 bridgehead atoms. The SMILES string of the molecule is C[S@@+]([O-])c1cc(N2CCN(C(=O)O)CC2)c(F)cc1F. The van der Waals surface area contributed by atoms with Gasteiger partial charge in [0.1, 0.15) is 12.1 Å². The molecule has 1 heterocycles. The number of hydrogen-bond acceptors (Lipinski definition) is 3. The molecule has 0 radical (unpaired) electrons. The van der Waals surface area contributed by atoms with E-state index in [1.165, 1.54) is 17.2 Å². The number of halogens is 2. The molecule has 1 atom stereocenters. The number of benzene rings is 1. The smallest absolute Gasteiger partial charge is 0.407 e. The van der Waals surface area contributed by atoms with Gasteiger partial charge in [0.2, 0.25) is 0 Å². The molecular formula is C12H14F2N2O3S. The zero-order valence-corrected chi connectivity index (χ0v) is 11.6. The third-order valence-corrected chi connectivity index (χ3v) is 4.13. The Kier molecular flexibility index (Phi) is 4.34. The molecule has 20 heavy (non-hydrogen) atoms. The largest absolute Gasteiger partial charge is 0.612 e. The Hall–Kier alpha value is -1.54. The Morgan fingerprint density at radius 3 is 2.35 bits per heavy atom. The minimum absolute atomic E-state index is 0.0536. The highest BCUT2D eigenvalue weighted by atomic mass is 32.2. The number of nitrogens with zero attached hydrogens (tertiary/aromatic N) is 2. The van der Waals surface area contributed by atoms with E-state index in [1.54, 1.807) is 4.90 Å². The summed E-state index contributed by atoms with van der Waals surface area (Å²) in [4.78, 5) is 13.6. The number of anilines is 1. The van der Waals surface area contributed by atoms with Gasteiger partial charge in [-0.1, -0.05) is 0 Å². The lowest BCUT2D eigenvalue weighted by molar-refractivity contribution is 0.142. The number of amides is 1. The van der Waals surface area contributed by atoms with Crippen LogP contribution >= 0.6 is 0 Å². The maximum atomic E-state index is 13.8. The van der Waals surface area contributed by atoms with E-state index in [0.717, 1.165) is 6.07 Å². The van der Waals surface area contributed by atoms with Crippen LogP contribution < -0.4 is 4.90 Å². The number of piperazine rings is 1. The van der Waals surface area contributed by atoms with Crippen molar-refractivity contribution in [1.29, 1.82) is 0 Å². The first-order valence-corrected chi connectivity index (χ1v) is 7.51. The predicted octanol–water partition coefficient (Wildman–Crippen LogP) is 1.50. The first-order valence-electron chi connectivity index (χ1n) is 5.95. The van der Waals surface area contributed by atoms with Gasteiger partial charge in [0.15, 0.2) is 10.7 Å². The molecule has 2 rings (SSSR count). The lowest BCUT2D eigenvalue weighted by atomic mass is 10.2. The molecule has 1 aliphatic heterocycles. The summed E-state index contributed by atoms with van der Waals surface area (Å²) in [5.74, 6) is -1.57. The van der Waals surface area contributed by atoms with E-state index >= 15 is 0 Å². The maximum absolute atomic E-state index is 13.8. The quantitative estimate of drug-likeness (QED) is 0.841. The molecule has 1 saturated heterocycles. The molecule has 110 valence electrons. The van der Waals surface area contributed by atoms with E-state index in [4.69, 9.17) is 5.11 Å². The van der Waals surface area contributed by atoms with Gasteiger partial charge in [-0.2, -0.15) is 0 Å². The van der Waals surface area contributed by atoms with E-state index in [1.807, 2.05) is 0 Å². The van der Waals surface area contributed by atoms with Crippen LogP contribution in [0.15, 0.2) is 17.0 Å². The van der Waals surface area contributed by atoms with Crippen molar-refractivity contribution in [2.45, 2.75) is 4.90 Å². The highest BCUT2D eigenvalue weighted by Gasteiger charge is 2.25. The van der Waals surface area contributed by atoms with Gasteiger partial charge in [-0.15, -0.1) is 0 Å². The third kappa shape index (κ3) is 2.96. The van der Waals surface area contributed by atoms with Crippen molar-refractivity contribution in [2.24, 2.45) is 0 Å². The van der Waals surface area contributed by atoms with Crippen molar-refractivity contribution in [3.63, 3.8) is 0 Å². The van der Waals surface area contributed by atoms with E-state index in [2.05, 4.69) is 0 Å². The van der Waals surface area contributed by atoms with Gasteiger partial charge in [0.25, 0.3) is 0 Å². The van der Waals surface area contributed by atoms with Gasteiger partial charge in [0, 0.05) is 38.3 Å². The summed E-state index contributed by atoms with van der Waals surface area (Å²) in [6.45, 7) is 1.11. The Morgan fingerprint density at radius 1 is 1.25 bits per heavy atom. The minimum Gasteiger partial charge on any atom is -0.612 e. The monoisotopic (exact) mass is 304 g/mol. The van der Waals surface area contributed by atoms with Gasteiger partial charge >= 0.3 is 6.09 Å². The molecule has 0 saturated carbocycles. The van der Waals surface area contributed by atoms with Crippen molar-refractivity contribution in [2.75, 3.05) is 37.3 Å². The van der Waals surface area contributed by atoms with Gasteiger partial charge in [0.05, 0.1) is 5.69 Å². The molecular weight excluding hydrogens is 290 g/mol. The van der Waals surface area contributed by atoms with Gasteiger partial charge < -0.3 is 19.5 Å². The fraction of sp³-hybridized carbons (Fsp3) is 0.417. The number of hydrogen-bond donors (Lipinski definition) is 1. The normalized spacial score (nSPS) is 17.2. The second-order valence-corrected chi connectivity index (χ2v) is 5.79. The molecule has 0 aromatic heterocycles. The van der Waals surface area contributed by atoms with Crippen LogP contribution in [0.5, 0.6) is 0 Å². The van der Waals surface area contributed by atoms with Crippen molar-refractivity contribution in [3.05, 3.63) is 23.8 Å². The van der Waals surface area contributed by atoms with Crippen LogP contribution in [0.2, 0.25) is 0 Å². The average Bonchev–Trinajstić information content (AvgIpc) is 2.38. The first-order chi connectivity index (χ1) is 9.40. The van der Waals surface area contributed by atoms with Crippen LogP contribution in [-0.2, 0) is 11.2 Å². The fourth-order valence-corrected chi connectivity index (χ4v) is 2.73. The first kappa shape index (κ1) is 14.9.